The van der Waals surface area contributed by atoms with Crippen molar-refractivity contribution in [1.29, 1.82) is 0 Å². The van der Waals surface area contributed by atoms with E-state index in [0.29, 0.717) is 7.25 Å². The summed E-state index contributed by atoms with van der Waals surface area (Å²) in [6.07, 6.45) is 12.2. The van der Waals surface area contributed by atoms with Crippen LogP contribution < -0.4 is 0 Å². The van der Waals surface area contributed by atoms with E-state index < -0.39 is 25.4 Å². The minimum atomic E-state index is -3.48. The Labute approximate surface area is 245 Å². The summed E-state index contributed by atoms with van der Waals surface area (Å²) in [7, 11) is 0. The molecule has 0 bridgehead atoms. The van der Waals surface area contributed by atoms with Crippen molar-refractivity contribution in [3.05, 3.63) is 166 Å². The summed E-state index contributed by atoms with van der Waals surface area (Å²) in [5.41, 5.74) is 11.8. The molecule has 0 amide bonds. The van der Waals surface area contributed by atoms with Gasteiger partial charge < -0.3 is 0 Å². The third-order valence-electron chi connectivity index (χ3n) is 9.10. The summed E-state index contributed by atoms with van der Waals surface area (Å²) in [6.45, 7) is 10.2. The molecule has 4 aromatic carbocycles. The summed E-state index contributed by atoms with van der Waals surface area (Å²) < 4.78 is 2.72. The van der Waals surface area contributed by atoms with Crippen LogP contribution in [-0.4, -0.2) is 5.92 Å². The van der Waals surface area contributed by atoms with Gasteiger partial charge in [-0.25, -0.2) is 0 Å². The van der Waals surface area contributed by atoms with E-state index in [1.54, 1.807) is 25.6 Å². The van der Waals surface area contributed by atoms with Crippen LogP contribution in [0.15, 0.2) is 132 Å². The summed E-state index contributed by atoms with van der Waals surface area (Å²) in [6, 6.07) is 40.6. The molecule has 0 fully saturated rings. The van der Waals surface area contributed by atoms with Gasteiger partial charge in [0.25, 0.3) is 0 Å². The molecule has 2 atom stereocenters. The van der Waals surface area contributed by atoms with Gasteiger partial charge in [-0.2, -0.15) is 0 Å². The van der Waals surface area contributed by atoms with Crippen molar-refractivity contribution in [3.63, 3.8) is 0 Å². The van der Waals surface area contributed by atoms with Gasteiger partial charge in [0.2, 0.25) is 0 Å². The van der Waals surface area contributed by atoms with Crippen LogP contribution in [0.1, 0.15) is 54.5 Å². The van der Waals surface area contributed by atoms with Crippen LogP contribution in [0.3, 0.4) is 0 Å². The van der Waals surface area contributed by atoms with Gasteiger partial charge >= 0.3 is 247 Å². The molecule has 0 radical (unpaired) electrons. The molecular formula is C38H38SiZr. The van der Waals surface area contributed by atoms with Crippen molar-refractivity contribution in [3.8, 4) is 0 Å². The monoisotopic (exact) mass is 612 g/mol. The average molecular weight is 614 g/mol. The molecule has 0 aliphatic heterocycles. The van der Waals surface area contributed by atoms with Gasteiger partial charge in [-0.05, 0) is 0 Å². The Hall–Kier alpha value is -3.06. The van der Waals surface area contributed by atoms with E-state index in [9.17, 15) is 0 Å². The third-order valence-corrected chi connectivity index (χ3v) is 42.8. The first-order valence-electron chi connectivity index (χ1n) is 14.6. The fourth-order valence-electron chi connectivity index (χ4n) is 7.61. The molecule has 0 saturated heterocycles. The van der Waals surface area contributed by atoms with E-state index in [4.69, 9.17) is 0 Å². The summed E-state index contributed by atoms with van der Waals surface area (Å²) in [5.74, 6) is -1.24. The van der Waals surface area contributed by atoms with Gasteiger partial charge in [-0.3, -0.25) is 0 Å². The summed E-state index contributed by atoms with van der Waals surface area (Å²) in [5, 5.41) is 0. The Balaban J connectivity index is 1.68. The molecule has 2 heteroatoms. The zero-order valence-corrected chi connectivity index (χ0v) is 27.6. The molecular weight excluding hydrogens is 576 g/mol. The van der Waals surface area contributed by atoms with Gasteiger partial charge in [0, 0.05) is 0 Å². The van der Waals surface area contributed by atoms with Crippen molar-refractivity contribution >= 4 is 27.4 Å². The van der Waals surface area contributed by atoms with E-state index in [1.165, 1.54) is 22.3 Å². The Morgan fingerprint density at radius 2 is 1.10 bits per heavy atom. The standard InChI is InChI=1S/C16H13.2C10H9.C2H7Si.Zr/c1-3-9-15(10-4-1)13-7-8-14-16-11-5-2-6-12-16;2*1-8-6-9-4-2-3-5-10(9)7-8;1-3-2;/h1-13H;2*2-7H,1H3;3H,1-2H3;. The van der Waals surface area contributed by atoms with Gasteiger partial charge in [-0.1, -0.05) is 0 Å². The first kappa shape index (κ1) is 27.1. The van der Waals surface area contributed by atoms with Gasteiger partial charge in [-0.15, -0.1) is 0 Å². The number of allylic oxidation sites excluding steroid dienone is 4. The van der Waals surface area contributed by atoms with Gasteiger partial charge in [0.1, 0.15) is 0 Å². The Kier molecular flexibility index (Phi) is 7.76. The molecule has 0 saturated carbocycles. The average Bonchev–Trinajstić information content (AvgIpc) is 3.49. The number of hydrogen-bond donors (Lipinski definition) is 0. The molecule has 40 heavy (non-hydrogen) atoms. The number of rotatable bonds is 7. The van der Waals surface area contributed by atoms with Crippen LogP contribution in [0.2, 0.25) is 13.1 Å². The molecule has 2 unspecified atom stereocenters. The Morgan fingerprint density at radius 3 is 1.62 bits per heavy atom. The molecule has 0 spiro atoms. The normalized spacial score (nSPS) is 19.8. The maximum absolute atomic E-state index is 3.48. The van der Waals surface area contributed by atoms with Crippen LogP contribution in [0.25, 0.3) is 21.5 Å². The van der Waals surface area contributed by atoms with Crippen LogP contribution in [-0.2, 0) is 19.4 Å². The summed E-state index contributed by atoms with van der Waals surface area (Å²) >= 11 is -3.48. The molecule has 2 aliphatic carbocycles. The van der Waals surface area contributed by atoms with Crippen LogP contribution in [0.4, 0.5) is 0 Å². The number of fused-ring (bicyclic) bond motifs is 2. The number of benzene rings is 4. The predicted molar refractivity (Wildman–Crippen MR) is 174 cm³/mol. The zero-order chi connectivity index (χ0) is 27.7. The molecule has 2 aliphatic rings. The van der Waals surface area contributed by atoms with Crippen LogP contribution in [0, 0.1) is 0 Å². The second kappa shape index (κ2) is 11.4. The molecule has 0 nitrogen and oxygen atoms in total. The van der Waals surface area contributed by atoms with Crippen molar-refractivity contribution < 1.29 is 19.4 Å². The third kappa shape index (κ3) is 4.66. The van der Waals surface area contributed by atoms with Gasteiger partial charge in [0.15, 0.2) is 0 Å². The van der Waals surface area contributed by atoms with E-state index in [1.807, 2.05) is 0 Å². The molecule has 0 heterocycles. The second-order valence-corrected chi connectivity index (χ2v) is 36.9. The van der Waals surface area contributed by atoms with E-state index in [-0.39, 0.29) is 0 Å². The molecule has 0 aromatic heterocycles. The van der Waals surface area contributed by atoms with Crippen molar-refractivity contribution in [2.24, 2.45) is 0 Å². The Morgan fingerprint density at radius 1 is 0.625 bits per heavy atom. The molecule has 198 valence electrons. The fourth-order valence-corrected chi connectivity index (χ4v) is 43.6. The predicted octanol–water partition coefficient (Wildman–Crippen LogP) is 10.2. The first-order valence-corrected chi connectivity index (χ1v) is 25.8. The quantitative estimate of drug-likeness (QED) is 0.144. The topological polar surface area (TPSA) is 0 Å². The number of hydrogen-bond acceptors (Lipinski definition) is 0. The van der Waals surface area contributed by atoms with Gasteiger partial charge in [0.05, 0.1) is 0 Å². The fraction of sp³-hybridized carbons (Fsp3) is 0.158. The molecule has 4 aromatic rings. The second-order valence-electron chi connectivity index (χ2n) is 11.7. The SMILES string of the molecule is CC1=Cc2ccccc2[CH]1[Zr]([C](=CC=Cc1ccccc1)c1ccccc1)([CH]1C(C)=Cc2ccccc21)[SiH](C)C. The van der Waals surface area contributed by atoms with E-state index >= 15 is 0 Å². The molecule has 0 N–H and O–H groups in total. The Bertz CT molecular complexity index is 1570. The zero-order valence-electron chi connectivity index (χ0n) is 24.0. The van der Waals surface area contributed by atoms with Crippen molar-refractivity contribution in [2.75, 3.05) is 0 Å². The van der Waals surface area contributed by atoms with E-state index in [2.05, 4.69) is 167 Å². The van der Waals surface area contributed by atoms with E-state index in [0.717, 1.165) is 0 Å². The van der Waals surface area contributed by atoms with Crippen LogP contribution in [0.5, 0.6) is 0 Å². The minimum absolute atomic E-state index is 0.522. The maximum atomic E-state index is 2.68. The van der Waals surface area contributed by atoms with Crippen LogP contribution >= 0.6 is 0 Å². The van der Waals surface area contributed by atoms with Crippen molar-refractivity contribution in [2.45, 2.75) is 34.2 Å². The summed E-state index contributed by atoms with van der Waals surface area (Å²) in [4.78, 5) is 0. The first-order chi connectivity index (χ1) is 19.5. The van der Waals surface area contributed by atoms with Crippen molar-refractivity contribution in [1.82, 2.24) is 0 Å². The molecule has 6 rings (SSSR count).